The van der Waals surface area contributed by atoms with E-state index in [9.17, 15) is 14.4 Å². The van der Waals surface area contributed by atoms with Gasteiger partial charge in [-0.2, -0.15) is 0 Å². The first-order valence-electron chi connectivity index (χ1n) is 6.63. The van der Waals surface area contributed by atoms with Gasteiger partial charge in [-0.05, 0) is 27.2 Å². The molecular formula is C13H22N2O4. The largest absolute Gasteiger partial charge is 0.480 e. The Labute approximate surface area is 113 Å². The van der Waals surface area contributed by atoms with E-state index in [1.54, 1.807) is 18.7 Å². The van der Waals surface area contributed by atoms with Crippen LogP contribution in [0.2, 0.25) is 0 Å². The molecule has 0 aromatic carbocycles. The summed E-state index contributed by atoms with van der Waals surface area (Å²) in [4.78, 5) is 37.9. The average molecular weight is 270 g/mol. The maximum absolute atomic E-state index is 12.3. The monoisotopic (exact) mass is 270 g/mol. The molecule has 2 amide bonds. The number of nitrogens with zero attached hydrogens (tertiary/aromatic N) is 2. The van der Waals surface area contributed by atoms with Gasteiger partial charge in [0, 0.05) is 12.1 Å². The smallest absolute Gasteiger partial charge is 0.317 e. The lowest BCUT2D eigenvalue weighted by molar-refractivity contribution is -0.143. The number of carbonyl (C=O) groups is 3. The van der Waals surface area contributed by atoms with Gasteiger partial charge in [-0.1, -0.05) is 6.92 Å². The van der Waals surface area contributed by atoms with Gasteiger partial charge < -0.3 is 5.11 Å². The van der Waals surface area contributed by atoms with E-state index < -0.39 is 12.0 Å². The molecule has 0 spiro atoms. The molecule has 1 aliphatic heterocycles. The zero-order chi connectivity index (χ0) is 14.7. The van der Waals surface area contributed by atoms with E-state index in [1.807, 2.05) is 13.8 Å². The predicted octanol–water partition coefficient (Wildman–Crippen LogP) is 0.707. The van der Waals surface area contributed by atoms with Gasteiger partial charge in [-0.3, -0.25) is 24.2 Å². The number of likely N-dealkylation sites (tertiary alicyclic amines) is 1. The molecule has 2 atom stereocenters. The third kappa shape index (κ3) is 3.32. The Balaban J connectivity index is 2.95. The van der Waals surface area contributed by atoms with Crippen LogP contribution in [0.4, 0.5) is 0 Å². The summed E-state index contributed by atoms with van der Waals surface area (Å²) in [7, 11) is 0. The van der Waals surface area contributed by atoms with Crippen molar-refractivity contribution in [1.29, 1.82) is 0 Å². The Morgan fingerprint density at radius 3 is 2.37 bits per heavy atom. The molecule has 6 nitrogen and oxygen atoms in total. The van der Waals surface area contributed by atoms with Gasteiger partial charge in [0.15, 0.2) is 0 Å². The van der Waals surface area contributed by atoms with Crippen molar-refractivity contribution in [2.45, 2.75) is 58.7 Å². The Bertz CT molecular complexity index is 381. The summed E-state index contributed by atoms with van der Waals surface area (Å²) in [6.45, 7) is 7.15. The van der Waals surface area contributed by atoms with Gasteiger partial charge >= 0.3 is 5.97 Å². The molecule has 1 rings (SSSR count). The second-order valence-corrected chi connectivity index (χ2v) is 5.24. The van der Waals surface area contributed by atoms with Crippen LogP contribution in [0.3, 0.4) is 0 Å². The molecule has 0 bridgehead atoms. The van der Waals surface area contributed by atoms with Crippen LogP contribution >= 0.6 is 0 Å². The molecular weight excluding hydrogens is 248 g/mol. The lowest BCUT2D eigenvalue weighted by Gasteiger charge is -2.31. The van der Waals surface area contributed by atoms with Crippen molar-refractivity contribution < 1.29 is 19.5 Å². The molecule has 6 heteroatoms. The lowest BCUT2D eigenvalue weighted by Crippen LogP contribution is -2.49. The van der Waals surface area contributed by atoms with Crippen molar-refractivity contribution in [2.24, 2.45) is 0 Å². The fourth-order valence-corrected chi connectivity index (χ4v) is 2.40. The van der Waals surface area contributed by atoms with Crippen molar-refractivity contribution in [3.63, 3.8) is 0 Å². The minimum atomic E-state index is -0.983. The van der Waals surface area contributed by atoms with Gasteiger partial charge in [0.05, 0.1) is 19.0 Å². The molecule has 2 unspecified atom stereocenters. The zero-order valence-corrected chi connectivity index (χ0v) is 11.9. The fourth-order valence-electron chi connectivity index (χ4n) is 2.40. The maximum atomic E-state index is 12.3. The Hall–Kier alpha value is -1.43. The number of rotatable bonds is 6. The molecule has 1 aliphatic rings. The highest BCUT2D eigenvalue weighted by Gasteiger charge is 2.44. The van der Waals surface area contributed by atoms with Gasteiger partial charge in [-0.15, -0.1) is 0 Å². The van der Waals surface area contributed by atoms with Crippen molar-refractivity contribution in [3.05, 3.63) is 0 Å². The van der Waals surface area contributed by atoms with Crippen LogP contribution in [0.1, 0.15) is 40.5 Å². The Morgan fingerprint density at radius 1 is 1.42 bits per heavy atom. The standard InChI is InChI=1S/C13H22N2O4/c1-5-9(4)14(7-12(17)18)10-6-11(16)15(8(2)3)13(10)19/h8-10H,5-7H2,1-4H3,(H,17,18). The lowest BCUT2D eigenvalue weighted by atomic mass is 10.1. The Kier molecular flexibility index (Phi) is 5.05. The summed E-state index contributed by atoms with van der Waals surface area (Å²) in [6.07, 6.45) is 0.807. The van der Waals surface area contributed by atoms with Crippen molar-refractivity contribution in [2.75, 3.05) is 6.54 Å². The molecule has 108 valence electrons. The van der Waals surface area contributed by atoms with Crippen LogP contribution in [0.25, 0.3) is 0 Å². The quantitative estimate of drug-likeness (QED) is 0.719. The summed E-state index contributed by atoms with van der Waals surface area (Å²) in [5, 5.41) is 8.96. The molecule has 1 N–H and O–H groups in total. The topological polar surface area (TPSA) is 77.9 Å². The van der Waals surface area contributed by atoms with E-state index in [0.717, 1.165) is 6.42 Å². The number of hydrogen-bond donors (Lipinski definition) is 1. The molecule has 0 aliphatic carbocycles. The molecule has 1 fully saturated rings. The minimum absolute atomic E-state index is 0.0510. The first-order chi connectivity index (χ1) is 8.79. The van der Waals surface area contributed by atoms with Crippen LogP contribution in [0, 0.1) is 0 Å². The summed E-state index contributed by atoms with van der Waals surface area (Å²) >= 11 is 0. The molecule has 0 aromatic rings. The number of hydrogen-bond acceptors (Lipinski definition) is 4. The highest BCUT2D eigenvalue weighted by Crippen LogP contribution is 2.23. The van der Waals surface area contributed by atoms with Crippen LogP contribution in [0.5, 0.6) is 0 Å². The van der Waals surface area contributed by atoms with Crippen molar-refractivity contribution in [1.82, 2.24) is 9.80 Å². The van der Waals surface area contributed by atoms with Gasteiger partial charge in [-0.25, -0.2) is 0 Å². The molecule has 1 saturated heterocycles. The van der Waals surface area contributed by atoms with E-state index >= 15 is 0 Å². The van der Waals surface area contributed by atoms with Crippen molar-refractivity contribution >= 4 is 17.8 Å². The highest BCUT2D eigenvalue weighted by molar-refractivity contribution is 6.06. The number of imide groups is 1. The van der Waals surface area contributed by atoms with Crippen LogP contribution < -0.4 is 0 Å². The van der Waals surface area contributed by atoms with Gasteiger partial charge in [0.1, 0.15) is 0 Å². The molecule has 1 heterocycles. The second kappa shape index (κ2) is 6.14. The van der Waals surface area contributed by atoms with E-state index in [2.05, 4.69) is 0 Å². The fraction of sp³-hybridized carbons (Fsp3) is 0.769. The number of aliphatic carboxylic acids is 1. The number of amides is 2. The predicted molar refractivity (Wildman–Crippen MR) is 69.5 cm³/mol. The maximum Gasteiger partial charge on any atom is 0.317 e. The van der Waals surface area contributed by atoms with Crippen LogP contribution in [0.15, 0.2) is 0 Å². The normalized spacial score (nSPS) is 21.6. The number of carbonyl (C=O) groups excluding carboxylic acids is 2. The third-order valence-corrected chi connectivity index (χ3v) is 3.55. The first-order valence-corrected chi connectivity index (χ1v) is 6.63. The van der Waals surface area contributed by atoms with Gasteiger partial charge in [0.2, 0.25) is 11.8 Å². The Morgan fingerprint density at radius 2 is 2.00 bits per heavy atom. The van der Waals surface area contributed by atoms with Crippen LogP contribution in [-0.4, -0.2) is 57.4 Å². The van der Waals surface area contributed by atoms with Crippen molar-refractivity contribution in [3.8, 4) is 0 Å². The third-order valence-electron chi connectivity index (χ3n) is 3.55. The van der Waals surface area contributed by atoms with Gasteiger partial charge in [0.25, 0.3) is 0 Å². The minimum Gasteiger partial charge on any atom is -0.480 e. The molecule has 0 saturated carbocycles. The number of carboxylic acids is 1. The van der Waals surface area contributed by atoms with E-state index in [0.29, 0.717) is 0 Å². The SMILES string of the molecule is CCC(C)N(CC(=O)O)C1CC(=O)N(C(C)C)C1=O. The first kappa shape index (κ1) is 15.6. The van der Waals surface area contributed by atoms with E-state index in [-0.39, 0.29) is 36.9 Å². The summed E-state index contributed by atoms with van der Waals surface area (Å²) in [5.74, 6) is -1.48. The van der Waals surface area contributed by atoms with Crippen LogP contribution in [-0.2, 0) is 14.4 Å². The summed E-state index contributed by atoms with van der Waals surface area (Å²) in [6, 6.07) is -0.875. The van der Waals surface area contributed by atoms with E-state index in [1.165, 1.54) is 4.90 Å². The molecule has 0 aromatic heterocycles. The zero-order valence-electron chi connectivity index (χ0n) is 11.9. The summed E-state index contributed by atoms with van der Waals surface area (Å²) < 4.78 is 0. The average Bonchev–Trinajstić information content (AvgIpc) is 2.60. The second-order valence-electron chi connectivity index (χ2n) is 5.24. The summed E-state index contributed by atoms with van der Waals surface area (Å²) in [5.41, 5.74) is 0. The number of carboxylic acid groups (broad SMARTS) is 1. The molecule has 19 heavy (non-hydrogen) atoms. The highest BCUT2D eigenvalue weighted by atomic mass is 16.4. The molecule has 0 radical (unpaired) electrons. The van der Waals surface area contributed by atoms with E-state index in [4.69, 9.17) is 5.11 Å².